The van der Waals surface area contributed by atoms with Gasteiger partial charge in [-0.2, -0.15) is 0 Å². The number of hydrogen-bond acceptors (Lipinski definition) is 4. The first-order valence-corrected chi connectivity index (χ1v) is 6.97. The second-order valence-corrected chi connectivity index (χ2v) is 5.16. The van der Waals surface area contributed by atoms with Gasteiger partial charge in [0, 0.05) is 32.7 Å². The molecule has 1 atom stereocenters. The quantitative estimate of drug-likeness (QED) is 0.887. The van der Waals surface area contributed by atoms with Crippen LogP contribution in [0, 0.1) is 0 Å². The highest BCUT2D eigenvalue weighted by atomic mass is 16.5. The van der Waals surface area contributed by atoms with Crippen LogP contribution in [0.2, 0.25) is 0 Å². The van der Waals surface area contributed by atoms with Crippen LogP contribution >= 0.6 is 0 Å². The standard InChI is InChI=1S/C15H23N3O2/c1-17-8-3-9-18(11-15(17)19)14(10-16)12-4-6-13(20-2)7-5-12/h4-7,14H,3,8-11,16H2,1-2H3. The molecule has 5 heteroatoms. The fourth-order valence-electron chi connectivity index (χ4n) is 2.60. The average molecular weight is 277 g/mol. The molecule has 0 saturated carbocycles. The zero-order valence-electron chi connectivity index (χ0n) is 12.2. The molecule has 1 aromatic rings. The van der Waals surface area contributed by atoms with Crippen LogP contribution in [0.4, 0.5) is 0 Å². The molecule has 1 aliphatic heterocycles. The first kappa shape index (κ1) is 14.8. The van der Waals surface area contributed by atoms with Crippen molar-refractivity contribution in [3.63, 3.8) is 0 Å². The number of carbonyl (C=O) groups is 1. The summed E-state index contributed by atoms with van der Waals surface area (Å²) in [6.45, 7) is 2.65. The summed E-state index contributed by atoms with van der Waals surface area (Å²) < 4.78 is 5.17. The van der Waals surface area contributed by atoms with Gasteiger partial charge in [-0.15, -0.1) is 0 Å². The molecular formula is C15H23N3O2. The van der Waals surface area contributed by atoms with Gasteiger partial charge in [-0.1, -0.05) is 12.1 Å². The number of nitrogens with two attached hydrogens (primary N) is 1. The van der Waals surface area contributed by atoms with E-state index in [4.69, 9.17) is 10.5 Å². The zero-order valence-corrected chi connectivity index (χ0v) is 12.2. The SMILES string of the molecule is COc1ccc(C(CN)N2CCCN(C)C(=O)C2)cc1. The largest absolute Gasteiger partial charge is 0.497 e. The minimum Gasteiger partial charge on any atom is -0.497 e. The van der Waals surface area contributed by atoms with Gasteiger partial charge < -0.3 is 15.4 Å². The van der Waals surface area contributed by atoms with Gasteiger partial charge in [0.25, 0.3) is 0 Å². The minimum absolute atomic E-state index is 0.0800. The lowest BCUT2D eigenvalue weighted by Crippen LogP contribution is -2.39. The normalized spacial score (nSPS) is 18.8. The van der Waals surface area contributed by atoms with E-state index in [1.807, 2.05) is 31.3 Å². The van der Waals surface area contributed by atoms with Crippen LogP contribution in [0.15, 0.2) is 24.3 Å². The lowest BCUT2D eigenvalue weighted by Gasteiger charge is -2.29. The fraction of sp³-hybridized carbons (Fsp3) is 0.533. The highest BCUT2D eigenvalue weighted by Gasteiger charge is 2.25. The predicted molar refractivity (Wildman–Crippen MR) is 78.6 cm³/mol. The van der Waals surface area contributed by atoms with Crippen molar-refractivity contribution in [1.82, 2.24) is 9.80 Å². The zero-order chi connectivity index (χ0) is 14.5. The van der Waals surface area contributed by atoms with Crippen LogP contribution < -0.4 is 10.5 Å². The Morgan fingerprint density at radius 1 is 1.30 bits per heavy atom. The van der Waals surface area contributed by atoms with Crippen LogP contribution in [0.1, 0.15) is 18.0 Å². The van der Waals surface area contributed by atoms with Crippen molar-refractivity contribution < 1.29 is 9.53 Å². The molecule has 2 N–H and O–H groups in total. The maximum atomic E-state index is 12.0. The number of methoxy groups -OCH3 is 1. The first-order chi connectivity index (χ1) is 9.65. The van der Waals surface area contributed by atoms with Crippen LogP contribution in [0.5, 0.6) is 5.75 Å². The van der Waals surface area contributed by atoms with E-state index in [1.165, 1.54) is 0 Å². The smallest absolute Gasteiger partial charge is 0.236 e. The Morgan fingerprint density at radius 2 is 2.00 bits per heavy atom. The Morgan fingerprint density at radius 3 is 2.60 bits per heavy atom. The summed E-state index contributed by atoms with van der Waals surface area (Å²) in [7, 11) is 3.51. The number of hydrogen-bond donors (Lipinski definition) is 1. The van der Waals surface area contributed by atoms with Gasteiger partial charge in [0.2, 0.25) is 5.91 Å². The van der Waals surface area contributed by atoms with Gasteiger partial charge in [-0.3, -0.25) is 9.69 Å². The summed E-state index contributed by atoms with van der Waals surface area (Å²) in [6, 6.07) is 8.00. The molecule has 1 amide bonds. The van der Waals surface area contributed by atoms with Gasteiger partial charge in [-0.25, -0.2) is 0 Å². The predicted octanol–water partition coefficient (Wildman–Crippen LogP) is 0.859. The van der Waals surface area contributed by atoms with Crippen molar-refractivity contribution in [2.75, 3.05) is 40.3 Å². The molecule has 1 aromatic carbocycles. The lowest BCUT2D eigenvalue weighted by molar-refractivity contribution is -0.130. The van der Waals surface area contributed by atoms with Crippen molar-refractivity contribution in [3.05, 3.63) is 29.8 Å². The van der Waals surface area contributed by atoms with Gasteiger partial charge in [0.1, 0.15) is 5.75 Å². The minimum atomic E-state index is 0.0800. The second-order valence-electron chi connectivity index (χ2n) is 5.16. The van der Waals surface area contributed by atoms with E-state index in [0.717, 1.165) is 30.8 Å². The number of amides is 1. The van der Waals surface area contributed by atoms with Crippen LogP contribution in [0.3, 0.4) is 0 Å². The Kier molecular flexibility index (Phi) is 4.98. The number of nitrogens with zero attached hydrogens (tertiary/aromatic N) is 2. The number of carbonyl (C=O) groups excluding carboxylic acids is 1. The van der Waals surface area contributed by atoms with Crippen LogP contribution in [-0.4, -0.2) is 56.0 Å². The van der Waals surface area contributed by atoms with Crippen LogP contribution in [0.25, 0.3) is 0 Å². The third kappa shape index (κ3) is 3.29. The van der Waals surface area contributed by atoms with Gasteiger partial charge in [0.05, 0.1) is 13.7 Å². The molecule has 5 nitrogen and oxygen atoms in total. The van der Waals surface area contributed by atoms with E-state index in [2.05, 4.69) is 4.90 Å². The fourth-order valence-corrected chi connectivity index (χ4v) is 2.60. The molecule has 2 rings (SSSR count). The summed E-state index contributed by atoms with van der Waals surface area (Å²) in [5.41, 5.74) is 7.07. The molecule has 0 spiro atoms. The Hall–Kier alpha value is -1.59. The molecule has 110 valence electrons. The average Bonchev–Trinajstić information content (AvgIpc) is 2.63. The summed E-state index contributed by atoms with van der Waals surface area (Å²) in [5, 5.41) is 0. The van der Waals surface area contributed by atoms with E-state index in [1.54, 1.807) is 12.0 Å². The number of benzene rings is 1. The molecular weight excluding hydrogens is 254 g/mol. The molecule has 0 bridgehead atoms. The summed E-state index contributed by atoms with van der Waals surface area (Å²) in [5.74, 6) is 0.991. The maximum absolute atomic E-state index is 12.0. The van der Waals surface area contributed by atoms with Crippen molar-refractivity contribution in [3.8, 4) is 5.75 Å². The molecule has 1 saturated heterocycles. The number of ether oxygens (including phenoxy) is 1. The topological polar surface area (TPSA) is 58.8 Å². The van der Waals surface area contributed by atoms with Crippen molar-refractivity contribution >= 4 is 5.91 Å². The van der Waals surface area contributed by atoms with Crippen molar-refractivity contribution in [2.45, 2.75) is 12.5 Å². The summed E-state index contributed by atoms with van der Waals surface area (Å²) in [6.07, 6.45) is 0.981. The monoisotopic (exact) mass is 277 g/mol. The molecule has 0 aliphatic carbocycles. The van der Waals surface area contributed by atoms with E-state index < -0.39 is 0 Å². The molecule has 0 aromatic heterocycles. The first-order valence-electron chi connectivity index (χ1n) is 6.97. The van der Waals surface area contributed by atoms with E-state index in [-0.39, 0.29) is 11.9 Å². The summed E-state index contributed by atoms with van der Waals surface area (Å²) >= 11 is 0. The van der Waals surface area contributed by atoms with Crippen molar-refractivity contribution in [2.24, 2.45) is 5.73 Å². The maximum Gasteiger partial charge on any atom is 0.236 e. The van der Waals surface area contributed by atoms with E-state index >= 15 is 0 Å². The van der Waals surface area contributed by atoms with Gasteiger partial charge in [0.15, 0.2) is 0 Å². The highest BCUT2D eigenvalue weighted by molar-refractivity contribution is 5.78. The van der Waals surface area contributed by atoms with Crippen LogP contribution in [-0.2, 0) is 4.79 Å². The Labute approximate surface area is 120 Å². The molecule has 1 unspecified atom stereocenters. The molecule has 1 aliphatic rings. The molecule has 20 heavy (non-hydrogen) atoms. The summed E-state index contributed by atoms with van der Waals surface area (Å²) in [4.78, 5) is 16.0. The third-order valence-electron chi connectivity index (χ3n) is 3.87. The van der Waals surface area contributed by atoms with Gasteiger partial charge >= 0.3 is 0 Å². The second kappa shape index (κ2) is 6.72. The Bertz CT molecular complexity index is 447. The van der Waals surface area contributed by atoms with Gasteiger partial charge in [-0.05, 0) is 24.1 Å². The Balaban J connectivity index is 2.15. The number of rotatable bonds is 4. The number of likely N-dealkylation sites (N-methyl/N-ethyl adjacent to an activating group) is 1. The van der Waals surface area contributed by atoms with E-state index in [0.29, 0.717) is 13.1 Å². The molecule has 1 fully saturated rings. The van der Waals surface area contributed by atoms with E-state index in [9.17, 15) is 4.79 Å². The third-order valence-corrected chi connectivity index (χ3v) is 3.87. The van der Waals surface area contributed by atoms with Crippen molar-refractivity contribution in [1.29, 1.82) is 0 Å². The molecule has 1 heterocycles. The lowest BCUT2D eigenvalue weighted by atomic mass is 10.0. The molecule has 0 radical (unpaired) electrons. The highest BCUT2D eigenvalue weighted by Crippen LogP contribution is 2.23.